The average molecular weight is 418 g/mol. The minimum atomic E-state index is -0.870. The molecule has 0 radical (unpaired) electrons. The van der Waals surface area contributed by atoms with Crippen molar-refractivity contribution in [3.63, 3.8) is 0 Å². The smallest absolute Gasteiger partial charge is 0.306 e. The molecule has 0 bridgehead atoms. The lowest BCUT2D eigenvalue weighted by Crippen LogP contribution is -2.23. The Kier molecular flexibility index (Phi) is 6.98. The number of esters is 1. The van der Waals surface area contributed by atoms with E-state index in [0.29, 0.717) is 23.3 Å². The lowest BCUT2D eigenvalue weighted by Gasteiger charge is -2.14. The van der Waals surface area contributed by atoms with Gasteiger partial charge >= 0.3 is 5.97 Å². The largest absolute Gasteiger partial charge is 0.466 e. The molecule has 2 aromatic carbocycles. The van der Waals surface area contributed by atoms with Gasteiger partial charge in [-0.15, -0.1) is 0 Å². The highest BCUT2D eigenvalue weighted by molar-refractivity contribution is 7.99. The normalized spacial score (nSPS) is 11.0. The van der Waals surface area contributed by atoms with E-state index in [0.717, 1.165) is 41.3 Å². The van der Waals surface area contributed by atoms with Crippen molar-refractivity contribution in [1.82, 2.24) is 9.55 Å². The summed E-state index contributed by atoms with van der Waals surface area (Å²) in [4.78, 5) is 29.3. The molecule has 0 atom stereocenters. The van der Waals surface area contributed by atoms with Crippen molar-refractivity contribution < 1.29 is 18.3 Å². The molecule has 0 aliphatic carbocycles. The van der Waals surface area contributed by atoms with Crippen LogP contribution in [0.3, 0.4) is 0 Å². The lowest BCUT2D eigenvalue weighted by molar-refractivity contribution is -0.143. The molecule has 0 amide bonds. The number of halogens is 2. The number of benzene rings is 2. The van der Waals surface area contributed by atoms with E-state index in [9.17, 15) is 18.4 Å². The van der Waals surface area contributed by atoms with Gasteiger partial charge in [-0.1, -0.05) is 37.2 Å². The Bertz CT molecular complexity index is 1090. The highest BCUT2D eigenvalue weighted by Crippen LogP contribution is 2.24. The van der Waals surface area contributed by atoms with Gasteiger partial charge in [-0.25, -0.2) is 13.8 Å². The first-order valence-corrected chi connectivity index (χ1v) is 10.3. The summed E-state index contributed by atoms with van der Waals surface area (Å²) >= 11 is 1.14. The van der Waals surface area contributed by atoms with Crippen LogP contribution in [-0.2, 0) is 9.53 Å². The van der Waals surface area contributed by atoms with E-state index in [1.807, 2.05) is 6.92 Å². The number of fused-ring (bicyclic) bond motifs is 1. The van der Waals surface area contributed by atoms with Crippen LogP contribution >= 0.6 is 11.8 Å². The summed E-state index contributed by atoms with van der Waals surface area (Å²) in [6.45, 7) is 2.38. The number of nitrogens with zero attached hydrogens (tertiary/aromatic N) is 2. The van der Waals surface area contributed by atoms with Crippen molar-refractivity contribution >= 4 is 28.6 Å². The maximum absolute atomic E-state index is 14.4. The standard InChI is InChI=1S/C21H20F2N2O3S/c1-2-3-11-28-19(26)10-12-29-21-24-17-7-5-4-6-15(17)20(27)25(21)18-9-8-14(22)13-16(18)23/h4-9,13H,2-3,10-12H2,1H3. The van der Waals surface area contributed by atoms with Crippen LogP contribution in [0, 0.1) is 11.6 Å². The molecule has 29 heavy (non-hydrogen) atoms. The van der Waals surface area contributed by atoms with Gasteiger partial charge < -0.3 is 4.74 Å². The highest BCUT2D eigenvalue weighted by Gasteiger charge is 2.17. The quantitative estimate of drug-likeness (QED) is 0.233. The van der Waals surface area contributed by atoms with Crippen LogP contribution in [-0.4, -0.2) is 27.9 Å². The van der Waals surface area contributed by atoms with E-state index in [1.54, 1.807) is 24.3 Å². The van der Waals surface area contributed by atoms with E-state index in [2.05, 4.69) is 4.98 Å². The number of unbranched alkanes of at least 4 members (excludes halogenated alkanes) is 1. The maximum Gasteiger partial charge on any atom is 0.306 e. The van der Waals surface area contributed by atoms with E-state index >= 15 is 0 Å². The zero-order valence-corrected chi connectivity index (χ0v) is 16.7. The Morgan fingerprint density at radius 3 is 2.76 bits per heavy atom. The fraction of sp³-hybridized carbons (Fsp3) is 0.286. The molecule has 8 heteroatoms. The van der Waals surface area contributed by atoms with E-state index in [1.165, 1.54) is 6.07 Å². The van der Waals surface area contributed by atoms with Crippen molar-refractivity contribution in [1.29, 1.82) is 0 Å². The predicted octanol–water partition coefficient (Wildman–Crippen LogP) is 4.49. The van der Waals surface area contributed by atoms with Crippen LogP contribution in [0.2, 0.25) is 0 Å². The number of aromatic nitrogens is 2. The van der Waals surface area contributed by atoms with Crippen molar-refractivity contribution in [3.8, 4) is 5.69 Å². The summed E-state index contributed by atoms with van der Waals surface area (Å²) in [6, 6.07) is 9.72. The average Bonchev–Trinajstić information content (AvgIpc) is 2.69. The Morgan fingerprint density at radius 2 is 2.00 bits per heavy atom. The molecule has 0 fully saturated rings. The van der Waals surface area contributed by atoms with Gasteiger partial charge in [0.05, 0.1) is 29.6 Å². The minimum absolute atomic E-state index is 0.0947. The summed E-state index contributed by atoms with van der Waals surface area (Å²) in [5.74, 6) is -1.64. The van der Waals surface area contributed by atoms with Gasteiger partial charge in [0.15, 0.2) is 5.16 Å². The zero-order chi connectivity index (χ0) is 20.8. The number of hydrogen-bond donors (Lipinski definition) is 0. The Balaban J connectivity index is 1.93. The van der Waals surface area contributed by atoms with Gasteiger partial charge in [0, 0.05) is 11.8 Å². The second kappa shape index (κ2) is 9.65. The number of rotatable bonds is 8. The lowest BCUT2D eigenvalue weighted by atomic mass is 10.2. The third kappa shape index (κ3) is 5.00. The number of ether oxygens (including phenoxy) is 1. The molecular formula is C21H20F2N2O3S. The Hall–Kier alpha value is -2.74. The third-order valence-corrected chi connectivity index (χ3v) is 5.13. The fourth-order valence-electron chi connectivity index (χ4n) is 2.71. The molecule has 0 saturated heterocycles. The monoisotopic (exact) mass is 418 g/mol. The van der Waals surface area contributed by atoms with Crippen molar-refractivity contribution in [2.45, 2.75) is 31.3 Å². The van der Waals surface area contributed by atoms with Gasteiger partial charge in [0.25, 0.3) is 5.56 Å². The molecule has 0 spiro atoms. The molecule has 0 unspecified atom stereocenters. The van der Waals surface area contributed by atoms with E-state index < -0.39 is 17.2 Å². The molecule has 0 N–H and O–H groups in total. The Labute approximate surface area is 170 Å². The summed E-state index contributed by atoms with van der Waals surface area (Å²) in [5, 5.41) is 0.542. The molecular weight excluding hydrogens is 398 g/mol. The van der Waals surface area contributed by atoms with Crippen LogP contribution in [0.25, 0.3) is 16.6 Å². The summed E-state index contributed by atoms with van der Waals surface area (Å²) in [5.41, 5.74) is -0.0962. The molecule has 3 rings (SSSR count). The highest BCUT2D eigenvalue weighted by atomic mass is 32.2. The zero-order valence-electron chi connectivity index (χ0n) is 15.9. The molecule has 1 heterocycles. The first-order chi connectivity index (χ1) is 14.0. The number of carbonyl (C=O) groups is 1. The van der Waals surface area contributed by atoms with Crippen LogP contribution < -0.4 is 5.56 Å². The first-order valence-electron chi connectivity index (χ1n) is 9.27. The van der Waals surface area contributed by atoms with Gasteiger partial charge in [-0.05, 0) is 30.7 Å². The maximum atomic E-state index is 14.4. The molecule has 152 valence electrons. The number of carbonyl (C=O) groups excluding carboxylic acids is 1. The number of para-hydroxylation sites is 1. The van der Waals surface area contributed by atoms with E-state index in [4.69, 9.17) is 4.74 Å². The van der Waals surface area contributed by atoms with Crippen molar-refractivity contribution in [2.75, 3.05) is 12.4 Å². The second-order valence-electron chi connectivity index (χ2n) is 6.32. The first kappa shape index (κ1) is 21.0. The summed E-state index contributed by atoms with van der Waals surface area (Å²) in [7, 11) is 0. The molecule has 1 aromatic heterocycles. The Morgan fingerprint density at radius 1 is 1.21 bits per heavy atom. The van der Waals surface area contributed by atoms with Crippen LogP contribution in [0.4, 0.5) is 8.78 Å². The van der Waals surface area contributed by atoms with Crippen molar-refractivity contribution in [2.24, 2.45) is 0 Å². The van der Waals surface area contributed by atoms with Gasteiger partial charge in [-0.2, -0.15) is 0 Å². The molecule has 5 nitrogen and oxygen atoms in total. The van der Waals surface area contributed by atoms with Crippen LogP contribution in [0.5, 0.6) is 0 Å². The fourth-order valence-corrected chi connectivity index (χ4v) is 3.64. The summed E-state index contributed by atoms with van der Waals surface area (Å²) < 4.78 is 34.0. The predicted molar refractivity (Wildman–Crippen MR) is 108 cm³/mol. The SMILES string of the molecule is CCCCOC(=O)CCSc1nc2ccccc2c(=O)n1-c1ccc(F)cc1F. The van der Waals surface area contributed by atoms with Crippen molar-refractivity contribution in [3.05, 3.63) is 64.5 Å². The number of hydrogen-bond acceptors (Lipinski definition) is 5. The number of thioether (sulfide) groups is 1. The molecule has 0 aliphatic heterocycles. The third-order valence-electron chi connectivity index (χ3n) is 4.19. The van der Waals surface area contributed by atoms with Crippen LogP contribution in [0.15, 0.2) is 52.4 Å². The summed E-state index contributed by atoms with van der Waals surface area (Å²) in [6.07, 6.45) is 1.86. The van der Waals surface area contributed by atoms with Gasteiger partial charge in [0.1, 0.15) is 11.6 Å². The van der Waals surface area contributed by atoms with Gasteiger partial charge in [-0.3, -0.25) is 14.2 Å². The molecule has 3 aromatic rings. The van der Waals surface area contributed by atoms with E-state index in [-0.39, 0.29) is 23.2 Å². The molecule has 0 aliphatic rings. The van der Waals surface area contributed by atoms with Crippen LogP contribution in [0.1, 0.15) is 26.2 Å². The molecule has 0 saturated carbocycles. The second-order valence-corrected chi connectivity index (χ2v) is 7.38. The minimum Gasteiger partial charge on any atom is -0.466 e. The van der Waals surface area contributed by atoms with Gasteiger partial charge in [0.2, 0.25) is 0 Å². The topological polar surface area (TPSA) is 61.2 Å².